The number of hydrogen-bond donors (Lipinski definition) is 2. The first-order valence-electron chi connectivity index (χ1n) is 4.39. The highest BCUT2D eigenvalue weighted by Crippen LogP contribution is 2.30. The molecule has 0 aliphatic heterocycles. The summed E-state index contributed by atoms with van der Waals surface area (Å²) in [6, 6.07) is 0. The SMILES string of the molecule is OB(O)OC1CCC(C(F)F)CC1. The van der Waals surface area contributed by atoms with E-state index in [1.54, 1.807) is 0 Å². The third kappa shape index (κ3) is 3.58. The molecule has 1 fully saturated rings. The van der Waals surface area contributed by atoms with Gasteiger partial charge in [-0.15, -0.1) is 0 Å². The van der Waals surface area contributed by atoms with Crippen LogP contribution in [0, 0.1) is 5.92 Å². The minimum Gasteiger partial charge on any atom is -0.402 e. The molecule has 1 saturated carbocycles. The molecule has 0 heterocycles. The zero-order valence-electron chi connectivity index (χ0n) is 7.20. The summed E-state index contributed by atoms with van der Waals surface area (Å²) in [4.78, 5) is 0. The molecule has 0 aromatic carbocycles. The van der Waals surface area contributed by atoms with E-state index in [-0.39, 0.29) is 6.10 Å². The second-order valence-electron chi connectivity index (χ2n) is 3.33. The summed E-state index contributed by atoms with van der Waals surface area (Å²) in [5.41, 5.74) is 0. The minimum atomic E-state index is -2.26. The number of rotatable bonds is 3. The number of alkyl halides is 2. The van der Waals surface area contributed by atoms with Gasteiger partial charge in [0.1, 0.15) is 0 Å². The fraction of sp³-hybridized carbons (Fsp3) is 1.00. The average molecular weight is 194 g/mol. The van der Waals surface area contributed by atoms with Crippen LogP contribution in [0.4, 0.5) is 8.78 Å². The lowest BCUT2D eigenvalue weighted by atomic mass is 9.87. The van der Waals surface area contributed by atoms with E-state index in [0.29, 0.717) is 25.7 Å². The first kappa shape index (κ1) is 10.9. The van der Waals surface area contributed by atoms with E-state index in [4.69, 9.17) is 10.0 Å². The van der Waals surface area contributed by atoms with Crippen molar-refractivity contribution in [2.45, 2.75) is 38.2 Å². The summed E-state index contributed by atoms with van der Waals surface area (Å²) >= 11 is 0. The summed E-state index contributed by atoms with van der Waals surface area (Å²) in [5, 5.41) is 16.9. The van der Waals surface area contributed by atoms with Crippen molar-refractivity contribution in [1.82, 2.24) is 0 Å². The summed E-state index contributed by atoms with van der Waals surface area (Å²) in [6.07, 6.45) is -0.793. The predicted octanol–water partition coefficient (Wildman–Crippen LogP) is 0.796. The van der Waals surface area contributed by atoms with Gasteiger partial charge in [-0.2, -0.15) is 0 Å². The third-order valence-corrected chi connectivity index (χ3v) is 2.39. The van der Waals surface area contributed by atoms with Gasteiger partial charge in [-0.1, -0.05) is 0 Å². The molecule has 0 radical (unpaired) electrons. The Morgan fingerprint density at radius 3 is 2.08 bits per heavy atom. The molecule has 2 N–H and O–H groups in total. The van der Waals surface area contributed by atoms with Crippen LogP contribution in [0.15, 0.2) is 0 Å². The monoisotopic (exact) mass is 194 g/mol. The molecular formula is C7H13BF2O3. The van der Waals surface area contributed by atoms with Crippen LogP contribution >= 0.6 is 0 Å². The van der Waals surface area contributed by atoms with Gasteiger partial charge >= 0.3 is 7.32 Å². The molecule has 1 rings (SSSR count). The zero-order valence-corrected chi connectivity index (χ0v) is 7.20. The maximum absolute atomic E-state index is 12.2. The Kier molecular flexibility index (Phi) is 4.09. The fourth-order valence-corrected chi connectivity index (χ4v) is 1.65. The quantitative estimate of drug-likeness (QED) is 0.653. The number of halogens is 2. The standard InChI is InChI=1S/C7H13BF2O3/c9-7(10)5-1-3-6(4-2-5)13-8(11)12/h5-7,11-12H,1-4H2. The van der Waals surface area contributed by atoms with Gasteiger partial charge in [0.25, 0.3) is 0 Å². The van der Waals surface area contributed by atoms with Crippen LogP contribution in [0.25, 0.3) is 0 Å². The maximum atomic E-state index is 12.2. The smallest absolute Gasteiger partial charge is 0.402 e. The molecule has 0 bridgehead atoms. The molecule has 6 heteroatoms. The molecule has 0 aromatic rings. The van der Waals surface area contributed by atoms with Crippen LogP contribution in [0.3, 0.4) is 0 Å². The summed E-state index contributed by atoms with van der Waals surface area (Å²) in [7, 11) is -1.78. The third-order valence-electron chi connectivity index (χ3n) is 2.39. The van der Waals surface area contributed by atoms with Crippen molar-refractivity contribution in [2.75, 3.05) is 0 Å². The number of hydrogen-bond acceptors (Lipinski definition) is 3. The highest BCUT2D eigenvalue weighted by atomic mass is 19.3. The van der Waals surface area contributed by atoms with Crippen LogP contribution in [-0.2, 0) is 4.65 Å². The van der Waals surface area contributed by atoms with E-state index in [0.717, 1.165) is 0 Å². The van der Waals surface area contributed by atoms with E-state index in [1.807, 2.05) is 0 Å². The van der Waals surface area contributed by atoms with Gasteiger partial charge in [0.2, 0.25) is 6.43 Å². The topological polar surface area (TPSA) is 49.7 Å². The first-order valence-corrected chi connectivity index (χ1v) is 4.39. The molecule has 0 spiro atoms. The fourth-order valence-electron chi connectivity index (χ4n) is 1.65. The Morgan fingerprint density at radius 1 is 1.15 bits per heavy atom. The van der Waals surface area contributed by atoms with Gasteiger partial charge in [0.15, 0.2) is 0 Å². The molecule has 0 atom stereocenters. The molecule has 1 aliphatic carbocycles. The molecule has 13 heavy (non-hydrogen) atoms. The van der Waals surface area contributed by atoms with Gasteiger partial charge in [-0.05, 0) is 25.7 Å². The Morgan fingerprint density at radius 2 is 1.69 bits per heavy atom. The summed E-state index contributed by atoms with van der Waals surface area (Å²) in [6.45, 7) is 0. The molecule has 1 aliphatic rings. The Labute approximate surface area is 75.9 Å². The van der Waals surface area contributed by atoms with E-state index in [2.05, 4.69) is 4.65 Å². The predicted molar refractivity (Wildman–Crippen MR) is 43.0 cm³/mol. The molecule has 0 unspecified atom stereocenters. The van der Waals surface area contributed by atoms with E-state index in [9.17, 15) is 8.78 Å². The summed E-state index contributed by atoms with van der Waals surface area (Å²) < 4.78 is 29.0. The summed E-state index contributed by atoms with van der Waals surface area (Å²) in [5.74, 6) is -0.546. The van der Waals surface area contributed by atoms with E-state index >= 15 is 0 Å². The zero-order chi connectivity index (χ0) is 9.84. The van der Waals surface area contributed by atoms with Crippen molar-refractivity contribution >= 4 is 7.32 Å². The van der Waals surface area contributed by atoms with Crippen molar-refractivity contribution < 1.29 is 23.5 Å². The molecule has 0 saturated heterocycles. The van der Waals surface area contributed by atoms with E-state index < -0.39 is 19.7 Å². The van der Waals surface area contributed by atoms with Crippen LogP contribution in [0.1, 0.15) is 25.7 Å². The van der Waals surface area contributed by atoms with Crippen molar-refractivity contribution in [3.63, 3.8) is 0 Å². The van der Waals surface area contributed by atoms with Gasteiger partial charge in [-0.3, -0.25) is 0 Å². The van der Waals surface area contributed by atoms with Crippen molar-refractivity contribution in [3.8, 4) is 0 Å². The van der Waals surface area contributed by atoms with Gasteiger partial charge in [0.05, 0.1) is 0 Å². The molecule has 0 amide bonds. The van der Waals surface area contributed by atoms with Crippen molar-refractivity contribution in [1.29, 1.82) is 0 Å². The Balaban J connectivity index is 2.22. The van der Waals surface area contributed by atoms with Gasteiger partial charge in [0, 0.05) is 12.0 Å². The van der Waals surface area contributed by atoms with Crippen molar-refractivity contribution in [3.05, 3.63) is 0 Å². The largest absolute Gasteiger partial charge is 0.634 e. The second-order valence-corrected chi connectivity index (χ2v) is 3.33. The molecule has 0 aromatic heterocycles. The normalized spacial score (nSPS) is 29.3. The molecular weight excluding hydrogens is 181 g/mol. The Hall–Kier alpha value is -0.195. The lowest BCUT2D eigenvalue weighted by molar-refractivity contribution is 0.0167. The highest BCUT2D eigenvalue weighted by molar-refractivity contribution is 6.32. The highest BCUT2D eigenvalue weighted by Gasteiger charge is 2.29. The van der Waals surface area contributed by atoms with Gasteiger partial charge in [-0.25, -0.2) is 8.78 Å². The maximum Gasteiger partial charge on any atom is 0.634 e. The second kappa shape index (κ2) is 4.88. The molecule has 76 valence electrons. The molecule has 3 nitrogen and oxygen atoms in total. The first-order chi connectivity index (χ1) is 6.09. The van der Waals surface area contributed by atoms with Crippen LogP contribution < -0.4 is 0 Å². The van der Waals surface area contributed by atoms with Crippen molar-refractivity contribution in [2.24, 2.45) is 5.92 Å². The Bertz CT molecular complexity index is 149. The lowest BCUT2D eigenvalue weighted by Gasteiger charge is -2.27. The van der Waals surface area contributed by atoms with Crippen LogP contribution in [0.2, 0.25) is 0 Å². The van der Waals surface area contributed by atoms with E-state index in [1.165, 1.54) is 0 Å². The van der Waals surface area contributed by atoms with Crippen LogP contribution in [0.5, 0.6) is 0 Å². The lowest BCUT2D eigenvalue weighted by Crippen LogP contribution is -2.31. The van der Waals surface area contributed by atoms with Gasteiger partial charge < -0.3 is 14.7 Å². The minimum absolute atomic E-state index is 0.282. The van der Waals surface area contributed by atoms with Crippen LogP contribution in [-0.4, -0.2) is 29.9 Å². The average Bonchev–Trinajstić information content (AvgIpc) is 2.04.